The number of likely N-dealkylation sites (tertiary alicyclic amines) is 2. The van der Waals surface area contributed by atoms with Gasteiger partial charge < -0.3 is 29.5 Å². The van der Waals surface area contributed by atoms with E-state index in [9.17, 15) is 4.79 Å². The third-order valence-corrected chi connectivity index (χ3v) is 7.93. The summed E-state index contributed by atoms with van der Waals surface area (Å²) in [6, 6.07) is 4.57. The van der Waals surface area contributed by atoms with E-state index in [0.717, 1.165) is 94.0 Å². The Balaban J connectivity index is 0.000000278. The van der Waals surface area contributed by atoms with Gasteiger partial charge in [0.1, 0.15) is 30.3 Å². The third-order valence-electron chi connectivity index (χ3n) is 7.93. The molecule has 5 heterocycles. The number of amides is 1. The van der Waals surface area contributed by atoms with Crippen molar-refractivity contribution in [1.82, 2.24) is 19.8 Å². The molecular weight excluding hydrogens is 480 g/mol. The molecular formula is C29H40N6O3. The largest absolute Gasteiger partial charge is 0.486 e. The summed E-state index contributed by atoms with van der Waals surface area (Å²) in [5.74, 6) is 3.40. The first-order valence-corrected chi connectivity index (χ1v) is 13.8. The van der Waals surface area contributed by atoms with E-state index in [-0.39, 0.29) is 5.91 Å². The smallest absolute Gasteiger partial charge is 0.245 e. The number of ether oxygens (including phenoxy) is 2. The van der Waals surface area contributed by atoms with Gasteiger partial charge in [0, 0.05) is 26.2 Å². The minimum absolute atomic E-state index is 0.0764. The number of morpholine rings is 1. The zero-order valence-corrected chi connectivity index (χ0v) is 22.7. The van der Waals surface area contributed by atoms with Crippen LogP contribution in [0, 0.1) is 6.92 Å². The molecule has 1 amide bonds. The topological polar surface area (TPSA) is 83.1 Å². The van der Waals surface area contributed by atoms with Gasteiger partial charge >= 0.3 is 0 Å². The normalized spacial score (nSPS) is 19.7. The van der Waals surface area contributed by atoms with Crippen LogP contribution in [0.3, 0.4) is 0 Å². The van der Waals surface area contributed by atoms with Crippen molar-refractivity contribution in [2.24, 2.45) is 0 Å². The van der Waals surface area contributed by atoms with E-state index in [4.69, 9.17) is 9.47 Å². The molecule has 0 atom stereocenters. The molecule has 3 fully saturated rings. The number of hydrogen-bond acceptors (Lipinski definition) is 8. The maximum absolute atomic E-state index is 10.8. The van der Waals surface area contributed by atoms with Gasteiger partial charge in [-0.05, 0) is 81.9 Å². The SMILES string of the molecule is C=CC(=O)N1CCCC1.Cc1cc(C2CCN(C)CC2)cc2c1OCc1c(ncnc1N1CCOCC1)N2. The van der Waals surface area contributed by atoms with Crippen molar-refractivity contribution in [3.05, 3.63) is 47.8 Å². The second-order valence-corrected chi connectivity index (χ2v) is 10.6. The highest BCUT2D eigenvalue weighted by molar-refractivity contribution is 5.87. The van der Waals surface area contributed by atoms with E-state index in [1.807, 2.05) is 4.90 Å². The number of nitrogens with zero attached hydrogens (tertiary/aromatic N) is 5. The van der Waals surface area contributed by atoms with Crippen LogP contribution in [-0.2, 0) is 16.1 Å². The van der Waals surface area contributed by atoms with E-state index in [2.05, 4.69) is 57.8 Å². The number of fused-ring (bicyclic) bond motifs is 2. The number of carbonyl (C=O) groups is 1. The van der Waals surface area contributed by atoms with Gasteiger partial charge in [0.05, 0.1) is 24.5 Å². The van der Waals surface area contributed by atoms with Crippen molar-refractivity contribution < 1.29 is 14.3 Å². The van der Waals surface area contributed by atoms with Crippen LogP contribution in [0.1, 0.15) is 48.3 Å². The summed E-state index contributed by atoms with van der Waals surface area (Å²) < 4.78 is 11.8. The summed E-state index contributed by atoms with van der Waals surface area (Å²) in [5, 5.41) is 3.57. The first kappa shape index (κ1) is 26.4. The molecule has 0 radical (unpaired) electrons. The Kier molecular flexibility index (Phi) is 8.44. The molecule has 1 aromatic carbocycles. The molecule has 0 saturated carbocycles. The minimum Gasteiger partial charge on any atom is -0.486 e. The zero-order valence-electron chi connectivity index (χ0n) is 22.7. The van der Waals surface area contributed by atoms with E-state index in [1.165, 1.54) is 30.0 Å². The van der Waals surface area contributed by atoms with Crippen molar-refractivity contribution in [3.8, 4) is 5.75 Å². The summed E-state index contributed by atoms with van der Waals surface area (Å²) in [6.45, 7) is 13.3. The number of hydrogen-bond donors (Lipinski definition) is 1. The molecule has 0 bridgehead atoms. The predicted octanol–water partition coefficient (Wildman–Crippen LogP) is 3.86. The second-order valence-electron chi connectivity index (χ2n) is 10.6. The van der Waals surface area contributed by atoms with Gasteiger partial charge in [-0.15, -0.1) is 0 Å². The molecule has 1 aromatic heterocycles. The number of rotatable bonds is 3. The highest BCUT2D eigenvalue weighted by Crippen LogP contribution is 2.41. The van der Waals surface area contributed by atoms with Gasteiger partial charge in [0.25, 0.3) is 0 Å². The molecule has 0 spiro atoms. The van der Waals surface area contributed by atoms with Crippen molar-refractivity contribution in [2.75, 3.05) is 69.7 Å². The standard InChI is InChI=1S/C22H29N5O2.C7H11NO/c1-15-11-17(16-3-5-26(2)6-4-16)12-19-20(15)29-13-18-21(25-19)23-14-24-22(18)27-7-9-28-10-8-27;1-2-7(9)8-5-3-4-6-8/h11-12,14,16H,3-10,13H2,1-2H3,(H,23,24,25);2H,1,3-6H2. The number of aryl methyl sites for hydroxylation is 1. The molecule has 1 N–H and O–H groups in total. The van der Waals surface area contributed by atoms with Crippen LogP contribution in [0.15, 0.2) is 31.1 Å². The lowest BCUT2D eigenvalue weighted by atomic mass is 9.88. The number of carbonyl (C=O) groups excluding carboxylic acids is 1. The summed E-state index contributed by atoms with van der Waals surface area (Å²) in [5.41, 5.74) is 4.61. The molecule has 4 aliphatic rings. The molecule has 4 aliphatic heterocycles. The lowest BCUT2D eigenvalue weighted by Gasteiger charge is -2.30. The Morgan fingerprint density at radius 1 is 1.08 bits per heavy atom. The number of benzene rings is 1. The van der Waals surface area contributed by atoms with Crippen LogP contribution in [0.4, 0.5) is 17.3 Å². The maximum atomic E-state index is 10.8. The van der Waals surface area contributed by atoms with Gasteiger partial charge in [-0.1, -0.05) is 12.6 Å². The van der Waals surface area contributed by atoms with Crippen molar-refractivity contribution in [3.63, 3.8) is 0 Å². The predicted molar refractivity (Wildman–Crippen MR) is 149 cm³/mol. The summed E-state index contributed by atoms with van der Waals surface area (Å²) in [4.78, 5) is 26.4. The number of anilines is 3. The van der Waals surface area contributed by atoms with Gasteiger partial charge in [-0.25, -0.2) is 9.97 Å². The number of aromatic nitrogens is 2. The molecule has 0 unspecified atom stereocenters. The molecule has 3 saturated heterocycles. The Bertz CT molecular complexity index is 1140. The highest BCUT2D eigenvalue weighted by atomic mass is 16.5. The second kappa shape index (κ2) is 12.1. The zero-order chi connectivity index (χ0) is 26.5. The van der Waals surface area contributed by atoms with Crippen LogP contribution >= 0.6 is 0 Å². The number of piperidine rings is 1. The average Bonchev–Trinajstić information content (AvgIpc) is 3.42. The van der Waals surface area contributed by atoms with Gasteiger partial charge in [0.15, 0.2) is 0 Å². The van der Waals surface area contributed by atoms with Crippen LogP contribution < -0.4 is 15.0 Å². The Morgan fingerprint density at radius 3 is 2.53 bits per heavy atom. The lowest BCUT2D eigenvalue weighted by Crippen LogP contribution is -2.37. The first-order valence-electron chi connectivity index (χ1n) is 13.8. The van der Waals surface area contributed by atoms with Crippen LogP contribution in [-0.4, -0.2) is 85.2 Å². The molecule has 0 aliphatic carbocycles. The number of nitrogens with one attached hydrogen (secondary N) is 1. The first-order chi connectivity index (χ1) is 18.5. The molecule has 204 valence electrons. The summed E-state index contributed by atoms with van der Waals surface area (Å²) in [6.07, 6.45) is 7.74. The van der Waals surface area contributed by atoms with Crippen LogP contribution in [0.2, 0.25) is 0 Å². The van der Waals surface area contributed by atoms with Crippen LogP contribution in [0.5, 0.6) is 5.75 Å². The van der Waals surface area contributed by atoms with E-state index in [0.29, 0.717) is 12.5 Å². The quantitative estimate of drug-likeness (QED) is 0.611. The Hall–Kier alpha value is -3.17. The summed E-state index contributed by atoms with van der Waals surface area (Å²) >= 11 is 0. The van der Waals surface area contributed by atoms with Crippen LogP contribution in [0.25, 0.3) is 0 Å². The molecule has 9 heteroatoms. The average molecular weight is 521 g/mol. The van der Waals surface area contributed by atoms with Gasteiger partial charge in [-0.2, -0.15) is 0 Å². The Morgan fingerprint density at radius 2 is 1.82 bits per heavy atom. The van der Waals surface area contributed by atoms with E-state index < -0.39 is 0 Å². The molecule has 2 aromatic rings. The van der Waals surface area contributed by atoms with E-state index >= 15 is 0 Å². The molecule has 9 nitrogen and oxygen atoms in total. The van der Waals surface area contributed by atoms with Crippen molar-refractivity contribution in [2.45, 2.75) is 45.1 Å². The Labute approximate surface area is 225 Å². The minimum atomic E-state index is 0.0764. The fourth-order valence-electron chi connectivity index (χ4n) is 5.69. The third kappa shape index (κ3) is 5.94. The fraction of sp³-hybridized carbons (Fsp3) is 0.552. The fourth-order valence-corrected chi connectivity index (χ4v) is 5.69. The van der Waals surface area contributed by atoms with Crippen molar-refractivity contribution >= 4 is 23.2 Å². The van der Waals surface area contributed by atoms with Crippen molar-refractivity contribution in [1.29, 1.82) is 0 Å². The summed E-state index contributed by atoms with van der Waals surface area (Å²) in [7, 11) is 2.20. The monoisotopic (exact) mass is 520 g/mol. The van der Waals surface area contributed by atoms with Gasteiger partial charge in [0.2, 0.25) is 5.91 Å². The van der Waals surface area contributed by atoms with Gasteiger partial charge in [-0.3, -0.25) is 4.79 Å². The maximum Gasteiger partial charge on any atom is 0.245 e. The molecule has 38 heavy (non-hydrogen) atoms. The highest BCUT2D eigenvalue weighted by Gasteiger charge is 2.26. The molecule has 6 rings (SSSR count). The van der Waals surface area contributed by atoms with E-state index in [1.54, 1.807) is 6.33 Å². The lowest BCUT2D eigenvalue weighted by molar-refractivity contribution is -0.124.